The van der Waals surface area contributed by atoms with E-state index in [9.17, 15) is 23.3 Å². The Bertz CT molecular complexity index is 912. The number of nitro benzene ring substituents is 1. The average molecular weight is 378 g/mol. The summed E-state index contributed by atoms with van der Waals surface area (Å²) in [5, 5.41) is 16.1. The predicted molar refractivity (Wildman–Crippen MR) is 98.6 cm³/mol. The minimum atomic E-state index is -3.36. The molecule has 0 spiro atoms. The highest BCUT2D eigenvalue weighted by Gasteiger charge is 2.16. The molecule has 0 fully saturated rings. The fraction of sp³-hybridized carbons (Fsp3) is 0.188. The first-order valence-corrected chi connectivity index (χ1v) is 9.43. The van der Waals surface area contributed by atoms with Crippen molar-refractivity contribution in [3.05, 3.63) is 64.2 Å². The summed E-state index contributed by atoms with van der Waals surface area (Å²) in [6.45, 7) is 1.73. The molecule has 9 nitrogen and oxygen atoms in total. The quantitative estimate of drug-likeness (QED) is 0.525. The van der Waals surface area contributed by atoms with E-state index in [1.54, 1.807) is 37.3 Å². The molecular formula is C16H18N4O5S. The number of hydrogen-bond donors (Lipinski definition) is 3. The van der Waals surface area contributed by atoms with E-state index in [4.69, 9.17) is 0 Å². The van der Waals surface area contributed by atoms with Gasteiger partial charge in [-0.3, -0.25) is 14.8 Å². The molecule has 0 radical (unpaired) electrons. The summed E-state index contributed by atoms with van der Waals surface area (Å²) in [6, 6.07) is 11.3. The molecule has 10 heteroatoms. The van der Waals surface area contributed by atoms with Crippen molar-refractivity contribution >= 4 is 33.1 Å². The van der Waals surface area contributed by atoms with Gasteiger partial charge in [0, 0.05) is 11.8 Å². The Morgan fingerprint density at radius 3 is 2.31 bits per heavy atom. The minimum Gasteiger partial charge on any atom is -0.331 e. The number of benzene rings is 2. The Labute approximate surface area is 150 Å². The van der Waals surface area contributed by atoms with E-state index >= 15 is 0 Å². The van der Waals surface area contributed by atoms with Gasteiger partial charge in [-0.2, -0.15) is 0 Å². The predicted octanol–water partition coefficient (Wildman–Crippen LogP) is 2.85. The summed E-state index contributed by atoms with van der Waals surface area (Å²) in [6.07, 6.45) is 1.05. The Hall–Kier alpha value is -3.14. The maximum absolute atomic E-state index is 12.1. The minimum absolute atomic E-state index is 0.0925. The second kappa shape index (κ2) is 7.83. The van der Waals surface area contributed by atoms with Crippen LogP contribution >= 0.6 is 0 Å². The summed E-state index contributed by atoms with van der Waals surface area (Å²) in [5.74, 6) is 0. The Morgan fingerprint density at radius 1 is 1.12 bits per heavy atom. The molecule has 1 atom stereocenters. The van der Waals surface area contributed by atoms with Gasteiger partial charge < -0.3 is 10.6 Å². The fourth-order valence-electron chi connectivity index (χ4n) is 2.23. The van der Waals surface area contributed by atoms with Crippen molar-refractivity contribution in [3.63, 3.8) is 0 Å². The Morgan fingerprint density at radius 2 is 1.73 bits per heavy atom. The van der Waals surface area contributed by atoms with E-state index < -0.39 is 27.0 Å². The summed E-state index contributed by atoms with van der Waals surface area (Å²) >= 11 is 0. The van der Waals surface area contributed by atoms with Gasteiger partial charge in [0.2, 0.25) is 10.0 Å². The second-order valence-electron chi connectivity index (χ2n) is 5.59. The van der Waals surface area contributed by atoms with Gasteiger partial charge in [0.1, 0.15) is 5.69 Å². The topological polar surface area (TPSA) is 130 Å². The number of amides is 2. The van der Waals surface area contributed by atoms with Crippen LogP contribution in [0.15, 0.2) is 48.5 Å². The van der Waals surface area contributed by atoms with Crippen molar-refractivity contribution in [2.75, 3.05) is 16.3 Å². The monoisotopic (exact) mass is 378 g/mol. The van der Waals surface area contributed by atoms with Crippen LogP contribution in [0.2, 0.25) is 0 Å². The normalized spacial score (nSPS) is 12.1. The van der Waals surface area contributed by atoms with Crippen LogP contribution in [0.3, 0.4) is 0 Å². The molecule has 3 N–H and O–H groups in total. The highest BCUT2D eigenvalue weighted by molar-refractivity contribution is 7.92. The summed E-state index contributed by atoms with van der Waals surface area (Å²) in [4.78, 5) is 22.5. The molecule has 0 saturated carbocycles. The van der Waals surface area contributed by atoms with Gasteiger partial charge in [0.25, 0.3) is 5.69 Å². The molecule has 0 aliphatic heterocycles. The number of para-hydroxylation sites is 2. The van der Waals surface area contributed by atoms with E-state index in [-0.39, 0.29) is 11.4 Å². The molecular weight excluding hydrogens is 360 g/mol. The van der Waals surface area contributed by atoms with Crippen molar-refractivity contribution in [2.24, 2.45) is 0 Å². The number of anilines is 2. The van der Waals surface area contributed by atoms with Crippen LogP contribution in [-0.2, 0) is 10.0 Å². The van der Waals surface area contributed by atoms with E-state index in [0.29, 0.717) is 5.69 Å². The van der Waals surface area contributed by atoms with E-state index in [0.717, 1.165) is 11.8 Å². The van der Waals surface area contributed by atoms with Crippen LogP contribution in [0.4, 0.5) is 21.9 Å². The van der Waals surface area contributed by atoms with Crippen LogP contribution in [0.1, 0.15) is 18.5 Å². The van der Waals surface area contributed by atoms with Crippen LogP contribution in [0, 0.1) is 10.1 Å². The van der Waals surface area contributed by atoms with E-state index in [1.807, 2.05) is 0 Å². The molecule has 0 bridgehead atoms. The van der Waals surface area contributed by atoms with Gasteiger partial charge in [-0.05, 0) is 30.7 Å². The third kappa shape index (κ3) is 5.45. The lowest BCUT2D eigenvalue weighted by atomic mass is 10.1. The lowest BCUT2D eigenvalue weighted by molar-refractivity contribution is -0.383. The molecule has 0 saturated heterocycles. The fourth-order valence-corrected chi connectivity index (χ4v) is 2.80. The number of rotatable bonds is 6. The molecule has 0 aliphatic rings. The number of carbonyl (C=O) groups excluding carboxylic acids is 1. The summed E-state index contributed by atoms with van der Waals surface area (Å²) < 4.78 is 24.7. The zero-order chi connectivity index (χ0) is 19.3. The van der Waals surface area contributed by atoms with Gasteiger partial charge in [0.15, 0.2) is 0 Å². The molecule has 0 aromatic heterocycles. The van der Waals surface area contributed by atoms with Gasteiger partial charge in [-0.1, -0.05) is 24.3 Å². The molecule has 2 rings (SSSR count). The number of hydrogen-bond acceptors (Lipinski definition) is 5. The standard InChI is InChI=1S/C16H18N4O5S/c1-11(12-7-9-13(10-8-12)19-26(2,24)25)17-16(21)18-14-5-3-4-6-15(14)20(22)23/h3-11,19H,1-2H3,(H2,17,18,21)/t11-/m1/s1. The van der Waals surface area contributed by atoms with Gasteiger partial charge in [-0.25, -0.2) is 13.2 Å². The third-order valence-electron chi connectivity index (χ3n) is 3.41. The lowest BCUT2D eigenvalue weighted by Gasteiger charge is -2.15. The molecule has 2 aromatic rings. The first-order chi connectivity index (χ1) is 12.2. The zero-order valence-electron chi connectivity index (χ0n) is 14.1. The summed E-state index contributed by atoms with van der Waals surface area (Å²) in [7, 11) is -3.36. The Balaban J connectivity index is 2.02. The number of urea groups is 1. The smallest absolute Gasteiger partial charge is 0.319 e. The maximum atomic E-state index is 12.1. The van der Waals surface area contributed by atoms with E-state index in [1.165, 1.54) is 18.2 Å². The largest absolute Gasteiger partial charge is 0.331 e. The zero-order valence-corrected chi connectivity index (χ0v) is 14.9. The first kappa shape index (κ1) is 19.2. The van der Waals surface area contributed by atoms with Crippen LogP contribution in [0.5, 0.6) is 0 Å². The highest BCUT2D eigenvalue weighted by Crippen LogP contribution is 2.23. The van der Waals surface area contributed by atoms with Crippen molar-refractivity contribution in [2.45, 2.75) is 13.0 Å². The second-order valence-corrected chi connectivity index (χ2v) is 7.34. The average Bonchev–Trinajstić information content (AvgIpc) is 2.54. The van der Waals surface area contributed by atoms with Crippen LogP contribution in [-0.4, -0.2) is 25.6 Å². The third-order valence-corrected chi connectivity index (χ3v) is 4.02. The van der Waals surface area contributed by atoms with Crippen molar-refractivity contribution in [1.29, 1.82) is 0 Å². The molecule has 2 amide bonds. The van der Waals surface area contributed by atoms with Crippen molar-refractivity contribution < 1.29 is 18.1 Å². The van der Waals surface area contributed by atoms with E-state index in [2.05, 4.69) is 15.4 Å². The molecule has 138 valence electrons. The molecule has 0 aliphatic carbocycles. The SMILES string of the molecule is C[C@@H](NC(=O)Nc1ccccc1[N+](=O)[O-])c1ccc(NS(C)(=O)=O)cc1. The number of nitro groups is 1. The van der Waals surface area contributed by atoms with Gasteiger partial charge in [0.05, 0.1) is 17.2 Å². The maximum Gasteiger partial charge on any atom is 0.319 e. The van der Waals surface area contributed by atoms with Gasteiger partial charge in [-0.15, -0.1) is 0 Å². The van der Waals surface area contributed by atoms with Crippen LogP contribution in [0.25, 0.3) is 0 Å². The number of nitrogens with zero attached hydrogens (tertiary/aromatic N) is 1. The molecule has 2 aromatic carbocycles. The molecule has 0 unspecified atom stereocenters. The van der Waals surface area contributed by atoms with Crippen molar-refractivity contribution in [1.82, 2.24) is 5.32 Å². The van der Waals surface area contributed by atoms with Crippen LogP contribution < -0.4 is 15.4 Å². The molecule has 0 heterocycles. The van der Waals surface area contributed by atoms with Gasteiger partial charge >= 0.3 is 6.03 Å². The number of carbonyl (C=O) groups is 1. The summed E-state index contributed by atoms with van der Waals surface area (Å²) in [5.41, 5.74) is 1.04. The van der Waals surface area contributed by atoms with Crippen molar-refractivity contribution in [3.8, 4) is 0 Å². The molecule has 26 heavy (non-hydrogen) atoms. The Kier molecular flexibility index (Phi) is 5.78. The lowest BCUT2D eigenvalue weighted by Crippen LogP contribution is -2.31. The highest BCUT2D eigenvalue weighted by atomic mass is 32.2. The number of nitrogens with one attached hydrogen (secondary N) is 3. The first-order valence-electron chi connectivity index (χ1n) is 7.54. The number of sulfonamides is 1.